The van der Waals surface area contributed by atoms with Crippen molar-refractivity contribution in [2.75, 3.05) is 27.0 Å². The zero-order chi connectivity index (χ0) is 35.4. The van der Waals surface area contributed by atoms with Crippen LogP contribution in [0.1, 0.15) is 20.7 Å². The first-order chi connectivity index (χ1) is 24.4. The number of nitrogens with one attached hydrogen (secondary N) is 4. The lowest BCUT2D eigenvalue weighted by Crippen LogP contribution is -2.19. The number of rotatable bonds is 7. The summed E-state index contributed by atoms with van der Waals surface area (Å²) < 4.78 is 0. The van der Waals surface area contributed by atoms with Crippen LogP contribution in [0.2, 0.25) is 0 Å². The highest BCUT2D eigenvalue weighted by atomic mass is 16.2. The number of hydrogen-bond donors (Lipinski definition) is 5. The van der Waals surface area contributed by atoms with Crippen LogP contribution in [0, 0.1) is 0 Å². The second-order valence-corrected chi connectivity index (χ2v) is 10.3. The summed E-state index contributed by atoms with van der Waals surface area (Å²) >= 11 is 0. The third-order valence-electron chi connectivity index (χ3n) is 6.60. The van der Waals surface area contributed by atoms with Gasteiger partial charge in [0.05, 0.1) is 5.69 Å². The van der Waals surface area contributed by atoms with Crippen LogP contribution in [0.25, 0.3) is 0 Å². The molecule has 0 saturated heterocycles. The summed E-state index contributed by atoms with van der Waals surface area (Å²) in [5.74, 6) is -0.335. The highest BCUT2D eigenvalue weighted by Crippen LogP contribution is 2.14. The molecule has 4 amide bonds. The van der Waals surface area contributed by atoms with E-state index in [1.54, 1.807) is 72.8 Å². The summed E-state index contributed by atoms with van der Waals surface area (Å²) in [6.45, 7) is 0. The molecule has 10 heteroatoms. The number of para-hydroxylation sites is 4. The largest absolute Gasteiger partial charge is 0.399 e. The number of carbonyl (C=O) groups is 3. The Morgan fingerprint density at radius 2 is 0.780 bits per heavy atom. The number of benzene rings is 6. The van der Waals surface area contributed by atoms with E-state index in [0.29, 0.717) is 33.9 Å². The molecule has 0 spiro atoms. The predicted octanol–water partition coefficient (Wildman–Crippen LogP) is 8.76. The number of carbonyl (C=O) groups excluding carboxylic acids is 4. The van der Waals surface area contributed by atoms with Crippen LogP contribution in [0.3, 0.4) is 0 Å². The summed E-state index contributed by atoms with van der Waals surface area (Å²) in [6.07, 6.45) is 1.46. The molecular formula is C40H34N6O4. The fraction of sp³-hybridized carbons (Fsp3) is 0. The minimum absolute atomic E-state index is 0.133. The first-order valence-electron chi connectivity index (χ1n) is 15.3. The molecule has 0 radical (unpaired) electrons. The topological polar surface area (TPSA) is 155 Å². The normalized spacial score (nSPS) is 9.52. The van der Waals surface area contributed by atoms with Crippen LogP contribution in [0.4, 0.5) is 38.9 Å². The predicted molar refractivity (Wildman–Crippen MR) is 199 cm³/mol. The molecule has 0 aliphatic rings. The zero-order valence-electron chi connectivity index (χ0n) is 26.8. The standard InChI is InChI=1S/C20H17N3O2.C13H12N2O.C7H5NO/c24-19(21-16-7-3-1-4-8-16)15-11-13-18(14-12-15)23-20(25)22-17-9-5-2-6-10-17;14-11-8-6-10(7-9-11)13(16)15-12-4-2-1-3-5-12;9-6-8-7-4-2-1-3-5-7/h1-14H,(H,21,24)(H2,22,23,25);1-9H,14H2,(H,15,16);1-5H. The molecule has 6 rings (SSSR count). The summed E-state index contributed by atoms with van der Waals surface area (Å²) in [6, 6.07) is 49.9. The number of isocyanates is 1. The van der Waals surface area contributed by atoms with Crippen molar-refractivity contribution in [3.63, 3.8) is 0 Å². The lowest BCUT2D eigenvalue weighted by Gasteiger charge is -2.09. The van der Waals surface area contributed by atoms with Crippen molar-refractivity contribution in [1.82, 2.24) is 0 Å². The Kier molecular flexibility index (Phi) is 13.8. The van der Waals surface area contributed by atoms with Crippen LogP contribution >= 0.6 is 0 Å². The van der Waals surface area contributed by atoms with Gasteiger partial charge in [0.1, 0.15) is 0 Å². The molecule has 0 heterocycles. The van der Waals surface area contributed by atoms with Crippen LogP contribution in [-0.4, -0.2) is 23.9 Å². The maximum atomic E-state index is 12.2. The number of nitrogen functional groups attached to an aromatic ring is 1. The second kappa shape index (κ2) is 19.4. The molecule has 0 aliphatic carbocycles. The van der Waals surface area contributed by atoms with E-state index < -0.39 is 0 Å². The Labute approximate surface area is 289 Å². The first-order valence-corrected chi connectivity index (χ1v) is 15.3. The van der Waals surface area contributed by atoms with Crippen molar-refractivity contribution in [2.45, 2.75) is 0 Å². The third-order valence-corrected chi connectivity index (χ3v) is 6.60. The number of anilines is 5. The molecule has 10 nitrogen and oxygen atoms in total. The van der Waals surface area contributed by atoms with E-state index in [0.717, 1.165) is 11.4 Å². The highest BCUT2D eigenvalue weighted by Gasteiger charge is 2.08. The van der Waals surface area contributed by atoms with Gasteiger partial charge in [0.2, 0.25) is 6.08 Å². The Balaban J connectivity index is 0.000000191. The second-order valence-electron chi connectivity index (χ2n) is 10.3. The molecule has 0 bridgehead atoms. The first kappa shape index (κ1) is 35.6. The van der Waals surface area contributed by atoms with Gasteiger partial charge in [0.25, 0.3) is 11.8 Å². The van der Waals surface area contributed by atoms with Crippen molar-refractivity contribution >= 4 is 58.0 Å². The van der Waals surface area contributed by atoms with Gasteiger partial charge in [-0.2, -0.15) is 4.99 Å². The number of amides is 4. The van der Waals surface area contributed by atoms with Crippen molar-refractivity contribution in [3.8, 4) is 0 Å². The van der Waals surface area contributed by atoms with E-state index in [2.05, 4.69) is 26.3 Å². The molecule has 50 heavy (non-hydrogen) atoms. The molecule has 248 valence electrons. The van der Waals surface area contributed by atoms with E-state index in [1.807, 2.05) is 97.1 Å². The Morgan fingerprint density at radius 3 is 1.18 bits per heavy atom. The number of aliphatic imine (C=N–C) groups is 1. The van der Waals surface area contributed by atoms with Crippen molar-refractivity contribution in [1.29, 1.82) is 0 Å². The van der Waals surface area contributed by atoms with E-state index >= 15 is 0 Å². The van der Waals surface area contributed by atoms with Crippen LogP contribution in [-0.2, 0) is 4.79 Å². The maximum absolute atomic E-state index is 12.2. The smallest absolute Gasteiger partial charge is 0.323 e. The monoisotopic (exact) mass is 662 g/mol. The minimum Gasteiger partial charge on any atom is -0.399 e. The maximum Gasteiger partial charge on any atom is 0.323 e. The van der Waals surface area contributed by atoms with E-state index in [1.165, 1.54) is 6.08 Å². The van der Waals surface area contributed by atoms with Gasteiger partial charge in [0, 0.05) is 39.6 Å². The Bertz CT molecular complexity index is 1990. The quantitative estimate of drug-likeness (QED) is 0.0657. The SMILES string of the molecule is Nc1ccc(C(=O)Nc2ccccc2)cc1.O=C(Nc1ccccc1)Nc1ccc(C(=O)Nc2ccccc2)cc1.O=C=Nc1ccccc1. The number of nitrogens with zero attached hydrogens (tertiary/aromatic N) is 1. The van der Waals surface area contributed by atoms with Gasteiger partial charge in [-0.05, 0) is 97.1 Å². The fourth-order valence-electron chi connectivity index (χ4n) is 4.16. The van der Waals surface area contributed by atoms with Crippen molar-refractivity contribution in [2.24, 2.45) is 4.99 Å². The molecule has 6 N–H and O–H groups in total. The van der Waals surface area contributed by atoms with Gasteiger partial charge in [0.15, 0.2) is 0 Å². The summed E-state index contributed by atoms with van der Waals surface area (Å²) in [7, 11) is 0. The molecule has 6 aromatic rings. The van der Waals surface area contributed by atoms with Gasteiger partial charge >= 0.3 is 6.03 Å². The number of nitrogens with two attached hydrogens (primary N) is 1. The van der Waals surface area contributed by atoms with Gasteiger partial charge < -0.3 is 27.0 Å². The molecular weight excluding hydrogens is 628 g/mol. The van der Waals surface area contributed by atoms with E-state index in [4.69, 9.17) is 5.73 Å². The Hall–Kier alpha value is -7.29. The summed E-state index contributed by atoms with van der Waals surface area (Å²) in [4.78, 5) is 49.0. The molecule has 0 atom stereocenters. The van der Waals surface area contributed by atoms with Gasteiger partial charge in [-0.25, -0.2) is 9.59 Å². The number of hydrogen-bond acceptors (Lipinski definition) is 6. The van der Waals surface area contributed by atoms with Gasteiger partial charge in [-0.1, -0.05) is 72.8 Å². The lowest BCUT2D eigenvalue weighted by atomic mass is 10.2. The molecule has 0 fully saturated rings. The fourth-order valence-corrected chi connectivity index (χ4v) is 4.16. The highest BCUT2D eigenvalue weighted by molar-refractivity contribution is 6.05. The van der Waals surface area contributed by atoms with Crippen LogP contribution in [0.5, 0.6) is 0 Å². The van der Waals surface area contributed by atoms with E-state index in [-0.39, 0.29) is 17.8 Å². The lowest BCUT2D eigenvalue weighted by molar-refractivity contribution is 0.101. The third kappa shape index (κ3) is 12.5. The summed E-state index contributed by atoms with van der Waals surface area (Å²) in [5, 5.41) is 11.1. The molecule has 6 aromatic carbocycles. The van der Waals surface area contributed by atoms with E-state index in [9.17, 15) is 19.2 Å². The molecule has 0 aliphatic heterocycles. The van der Waals surface area contributed by atoms with Gasteiger partial charge in [-0.3, -0.25) is 9.59 Å². The Morgan fingerprint density at radius 1 is 0.440 bits per heavy atom. The molecule has 0 saturated carbocycles. The van der Waals surface area contributed by atoms with Crippen LogP contribution in [0.15, 0.2) is 175 Å². The minimum atomic E-state index is -0.340. The van der Waals surface area contributed by atoms with Crippen molar-refractivity contribution in [3.05, 3.63) is 181 Å². The molecule has 0 aromatic heterocycles. The average molecular weight is 663 g/mol. The van der Waals surface area contributed by atoms with Gasteiger partial charge in [-0.15, -0.1) is 0 Å². The summed E-state index contributed by atoms with van der Waals surface area (Å²) in [5.41, 5.74) is 10.8. The molecule has 0 unspecified atom stereocenters. The van der Waals surface area contributed by atoms with Crippen molar-refractivity contribution < 1.29 is 19.2 Å². The average Bonchev–Trinajstić information content (AvgIpc) is 3.14. The zero-order valence-corrected chi connectivity index (χ0v) is 26.8. The van der Waals surface area contributed by atoms with Crippen LogP contribution < -0.4 is 27.0 Å². The number of urea groups is 1.